The van der Waals surface area contributed by atoms with Gasteiger partial charge in [0.25, 0.3) is 0 Å². The SMILES string of the molecule is O=c1c2sccc2n(Cc2ccc3ccccc3c2)c(=O)n1O. The molecule has 114 valence electrons. The molecule has 4 rings (SSSR count). The highest BCUT2D eigenvalue weighted by molar-refractivity contribution is 7.17. The van der Waals surface area contributed by atoms with Gasteiger partial charge in [-0.3, -0.25) is 9.36 Å². The molecular weight excluding hydrogens is 312 g/mol. The lowest BCUT2D eigenvalue weighted by Crippen LogP contribution is -2.38. The van der Waals surface area contributed by atoms with Crippen LogP contribution >= 0.6 is 11.3 Å². The predicted octanol–water partition coefficient (Wildman–Crippen LogP) is 2.66. The second-order valence-electron chi connectivity index (χ2n) is 5.30. The summed E-state index contributed by atoms with van der Waals surface area (Å²) in [7, 11) is 0. The summed E-state index contributed by atoms with van der Waals surface area (Å²) in [6, 6.07) is 15.6. The first-order valence-corrected chi connectivity index (χ1v) is 7.93. The van der Waals surface area contributed by atoms with Crippen LogP contribution in [-0.2, 0) is 6.54 Å². The van der Waals surface area contributed by atoms with Gasteiger partial charge in [-0.1, -0.05) is 41.1 Å². The fourth-order valence-electron chi connectivity index (χ4n) is 2.75. The Morgan fingerprint density at radius 1 is 1.00 bits per heavy atom. The molecule has 0 fully saturated rings. The zero-order valence-electron chi connectivity index (χ0n) is 12.0. The molecule has 0 bridgehead atoms. The molecule has 6 heteroatoms. The van der Waals surface area contributed by atoms with Crippen molar-refractivity contribution in [1.82, 2.24) is 9.30 Å². The fourth-order valence-corrected chi connectivity index (χ4v) is 3.57. The Bertz CT molecular complexity index is 1150. The van der Waals surface area contributed by atoms with Crippen molar-refractivity contribution in [3.8, 4) is 0 Å². The average molecular weight is 324 g/mol. The molecular formula is C17H12N2O3S. The third-order valence-corrected chi connectivity index (χ3v) is 4.78. The zero-order chi connectivity index (χ0) is 16.0. The third-order valence-electron chi connectivity index (χ3n) is 3.89. The second kappa shape index (κ2) is 5.10. The minimum atomic E-state index is -0.728. The van der Waals surface area contributed by atoms with Gasteiger partial charge in [0.2, 0.25) is 0 Å². The monoisotopic (exact) mass is 324 g/mol. The average Bonchev–Trinajstić information content (AvgIpc) is 3.06. The molecule has 1 N–H and O–H groups in total. The Morgan fingerprint density at radius 3 is 2.61 bits per heavy atom. The van der Waals surface area contributed by atoms with Crippen LogP contribution in [0.4, 0.5) is 0 Å². The molecule has 0 saturated heterocycles. The van der Waals surface area contributed by atoms with E-state index in [1.807, 2.05) is 42.5 Å². The highest BCUT2D eigenvalue weighted by atomic mass is 32.1. The summed E-state index contributed by atoms with van der Waals surface area (Å²) in [6.07, 6.45) is 0. The van der Waals surface area contributed by atoms with E-state index in [0.29, 0.717) is 10.2 Å². The zero-order valence-corrected chi connectivity index (χ0v) is 12.8. The molecule has 0 spiro atoms. The van der Waals surface area contributed by atoms with E-state index in [2.05, 4.69) is 0 Å². The minimum Gasteiger partial charge on any atom is -0.421 e. The summed E-state index contributed by atoms with van der Waals surface area (Å²) in [5.41, 5.74) is 0.0734. The van der Waals surface area contributed by atoms with Crippen LogP contribution in [0.25, 0.3) is 21.0 Å². The number of nitrogens with zero attached hydrogens (tertiary/aromatic N) is 2. The highest BCUT2D eigenvalue weighted by Crippen LogP contribution is 2.19. The number of aromatic nitrogens is 2. The Kier molecular flexibility index (Phi) is 3.06. The first kappa shape index (κ1) is 13.8. The lowest BCUT2D eigenvalue weighted by atomic mass is 10.1. The summed E-state index contributed by atoms with van der Waals surface area (Å²) < 4.78 is 1.96. The van der Waals surface area contributed by atoms with Gasteiger partial charge in [0.1, 0.15) is 4.70 Å². The molecule has 5 nitrogen and oxygen atoms in total. The standard InChI is InChI=1S/C17H12N2O3S/c20-16-15-14(7-8-23-15)18(17(21)19(16)22)10-11-5-6-12-3-1-2-4-13(12)9-11/h1-9,22H,10H2. The van der Waals surface area contributed by atoms with Crippen LogP contribution in [0.2, 0.25) is 0 Å². The molecule has 0 aliphatic heterocycles. The number of hydrogen-bond acceptors (Lipinski definition) is 4. The first-order chi connectivity index (χ1) is 11.1. The molecule has 0 atom stereocenters. The molecule has 0 saturated carbocycles. The van der Waals surface area contributed by atoms with Gasteiger partial charge in [-0.15, -0.1) is 11.3 Å². The molecule has 0 aliphatic rings. The van der Waals surface area contributed by atoms with E-state index in [0.717, 1.165) is 16.3 Å². The molecule has 0 unspecified atom stereocenters. The Morgan fingerprint density at radius 2 is 1.78 bits per heavy atom. The highest BCUT2D eigenvalue weighted by Gasteiger charge is 2.13. The van der Waals surface area contributed by atoms with Crippen LogP contribution in [0, 0.1) is 0 Å². The van der Waals surface area contributed by atoms with Gasteiger partial charge in [-0.25, -0.2) is 4.79 Å². The van der Waals surface area contributed by atoms with Crippen molar-refractivity contribution >= 4 is 32.3 Å². The van der Waals surface area contributed by atoms with Crippen molar-refractivity contribution < 1.29 is 5.21 Å². The topological polar surface area (TPSA) is 64.2 Å². The van der Waals surface area contributed by atoms with Crippen molar-refractivity contribution in [3.63, 3.8) is 0 Å². The van der Waals surface area contributed by atoms with Gasteiger partial charge in [0, 0.05) is 0 Å². The van der Waals surface area contributed by atoms with Crippen molar-refractivity contribution in [3.05, 3.63) is 80.3 Å². The van der Waals surface area contributed by atoms with Crippen LogP contribution in [0.3, 0.4) is 0 Å². The normalized spacial score (nSPS) is 11.3. The molecule has 2 aromatic heterocycles. The van der Waals surface area contributed by atoms with E-state index in [9.17, 15) is 14.8 Å². The molecule has 0 radical (unpaired) electrons. The third kappa shape index (κ3) is 2.15. The van der Waals surface area contributed by atoms with Crippen molar-refractivity contribution in [2.75, 3.05) is 0 Å². The predicted molar refractivity (Wildman–Crippen MR) is 90.6 cm³/mol. The molecule has 0 aliphatic carbocycles. The molecule has 0 amide bonds. The molecule has 2 aromatic carbocycles. The maximum absolute atomic E-state index is 12.3. The van der Waals surface area contributed by atoms with Crippen LogP contribution in [-0.4, -0.2) is 14.5 Å². The van der Waals surface area contributed by atoms with Gasteiger partial charge < -0.3 is 5.21 Å². The Balaban J connectivity index is 1.91. The maximum Gasteiger partial charge on any atom is 0.365 e. The number of hydrogen-bond donors (Lipinski definition) is 1. The van der Waals surface area contributed by atoms with Crippen molar-refractivity contribution in [2.24, 2.45) is 0 Å². The largest absolute Gasteiger partial charge is 0.421 e. The van der Waals surface area contributed by atoms with E-state index >= 15 is 0 Å². The van der Waals surface area contributed by atoms with E-state index in [4.69, 9.17) is 0 Å². The van der Waals surface area contributed by atoms with Gasteiger partial charge in [-0.2, -0.15) is 0 Å². The van der Waals surface area contributed by atoms with Gasteiger partial charge >= 0.3 is 11.2 Å². The fraction of sp³-hybridized carbons (Fsp3) is 0.0588. The minimum absolute atomic E-state index is 0.180. The van der Waals surface area contributed by atoms with Gasteiger partial charge in [-0.05, 0) is 33.8 Å². The summed E-state index contributed by atoms with van der Waals surface area (Å²) in [6.45, 7) is 0.289. The molecule has 2 heterocycles. The molecule has 4 aromatic rings. The van der Waals surface area contributed by atoms with Crippen LogP contribution < -0.4 is 11.2 Å². The number of thiophene rings is 1. The van der Waals surface area contributed by atoms with E-state index in [1.54, 1.807) is 11.4 Å². The van der Waals surface area contributed by atoms with Gasteiger partial charge in [0.15, 0.2) is 0 Å². The summed E-state index contributed by atoms with van der Waals surface area (Å²) in [5, 5.41) is 13.7. The summed E-state index contributed by atoms with van der Waals surface area (Å²) in [5.74, 6) is 0. The van der Waals surface area contributed by atoms with Crippen LogP contribution in [0.15, 0.2) is 63.5 Å². The number of rotatable bonds is 2. The van der Waals surface area contributed by atoms with Crippen LogP contribution in [0.1, 0.15) is 5.56 Å². The van der Waals surface area contributed by atoms with E-state index in [1.165, 1.54) is 15.9 Å². The van der Waals surface area contributed by atoms with Crippen molar-refractivity contribution in [1.29, 1.82) is 0 Å². The van der Waals surface area contributed by atoms with Crippen LogP contribution in [0.5, 0.6) is 0 Å². The smallest absolute Gasteiger partial charge is 0.365 e. The second-order valence-corrected chi connectivity index (χ2v) is 6.22. The Labute approximate surface area is 134 Å². The number of benzene rings is 2. The quantitative estimate of drug-likeness (QED) is 0.577. The maximum atomic E-state index is 12.3. The van der Waals surface area contributed by atoms with Gasteiger partial charge in [0.05, 0.1) is 12.1 Å². The Hall–Kier alpha value is -2.86. The summed E-state index contributed by atoms with van der Waals surface area (Å²) in [4.78, 5) is 24.1. The lowest BCUT2D eigenvalue weighted by Gasteiger charge is -2.09. The van der Waals surface area contributed by atoms with Crippen molar-refractivity contribution in [2.45, 2.75) is 6.54 Å². The first-order valence-electron chi connectivity index (χ1n) is 7.05. The molecule has 23 heavy (non-hydrogen) atoms. The summed E-state index contributed by atoms with van der Waals surface area (Å²) >= 11 is 1.21. The van der Waals surface area contributed by atoms with E-state index < -0.39 is 11.2 Å². The lowest BCUT2D eigenvalue weighted by molar-refractivity contribution is 0.158. The van der Waals surface area contributed by atoms with E-state index in [-0.39, 0.29) is 11.3 Å². The number of fused-ring (bicyclic) bond motifs is 2.